The SMILES string of the molecule is CNC1CCCN(c2ccc3cc(Br)ccc3c2)C1=O. The molecule has 0 bridgehead atoms. The van der Waals surface area contributed by atoms with Crippen LogP contribution in [0.25, 0.3) is 10.8 Å². The molecule has 1 aliphatic rings. The predicted octanol–water partition coefficient (Wildman–Crippen LogP) is 3.32. The summed E-state index contributed by atoms with van der Waals surface area (Å²) in [7, 11) is 1.85. The summed E-state index contributed by atoms with van der Waals surface area (Å²) in [5.74, 6) is 0.176. The molecule has 0 aromatic heterocycles. The highest BCUT2D eigenvalue weighted by atomic mass is 79.9. The Kier molecular flexibility index (Phi) is 3.76. The number of hydrogen-bond donors (Lipinski definition) is 1. The van der Waals surface area contributed by atoms with E-state index < -0.39 is 0 Å². The van der Waals surface area contributed by atoms with Crippen molar-refractivity contribution in [3.63, 3.8) is 0 Å². The number of benzene rings is 2. The molecule has 104 valence electrons. The first kappa shape index (κ1) is 13.6. The number of piperidine rings is 1. The number of halogens is 1. The first-order valence-electron chi connectivity index (χ1n) is 6.87. The van der Waals surface area contributed by atoms with Crippen LogP contribution in [0.2, 0.25) is 0 Å². The van der Waals surface area contributed by atoms with E-state index in [1.165, 1.54) is 5.39 Å². The molecule has 0 aliphatic carbocycles. The lowest BCUT2D eigenvalue weighted by Gasteiger charge is -2.32. The lowest BCUT2D eigenvalue weighted by atomic mass is 10.0. The lowest BCUT2D eigenvalue weighted by molar-refractivity contribution is -0.121. The molecular formula is C16H17BrN2O. The number of fused-ring (bicyclic) bond motifs is 1. The van der Waals surface area contributed by atoms with Gasteiger partial charge in [0.15, 0.2) is 0 Å². The van der Waals surface area contributed by atoms with Crippen molar-refractivity contribution in [2.45, 2.75) is 18.9 Å². The second kappa shape index (κ2) is 5.54. The average molecular weight is 333 g/mol. The van der Waals surface area contributed by atoms with Crippen LogP contribution in [0.3, 0.4) is 0 Å². The maximum Gasteiger partial charge on any atom is 0.244 e. The van der Waals surface area contributed by atoms with Gasteiger partial charge in [-0.05, 0) is 54.9 Å². The monoisotopic (exact) mass is 332 g/mol. The number of carbonyl (C=O) groups excluding carboxylic acids is 1. The van der Waals surface area contributed by atoms with Crippen LogP contribution in [-0.4, -0.2) is 25.5 Å². The van der Waals surface area contributed by atoms with E-state index in [0.717, 1.165) is 34.9 Å². The van der Waals surface area contributed by atoms with Gasteiger partial charge in [0.25, 0.3) is 0 Å². The Bertz CT molecular complexity index is 656. The zero-order valence-corrected chi connectivity index (χ0v) is 13.0. The van der Waals surface area contributed by atoms with E-state index in [0.29, 0.717) is 0 Å². The third kappa shape index (κ3) is 2.45. The first-order valence-corrected chi connectivity index (χ1v) is 7.66. The van der Waals surface area contributed by atoms with Crippen molar-refractivity contribution in [3.05, 3.63) is 40.9 Å². The Labute approximate surface area is 127 Å². The number of hydrogen-bond acceptors (Lipinski definition) is 2. The van der Waals surface area contributed by atoms with E-state index in [4.69, 9.17) is 0 Å². The molecule has 1 saturated heterocycles. The van der Waals surface area contributed by atoms with Gasteiger partial charge in [0.1, 0.15) is 0 Å². The molecule has 4 heteroatoms. The van der Waals surface area contributed by atoms with E-state index in [9.17, 15) is 4.79 Å². The first-order chi connectivity index (χ1) is 9.69. The summed E-state index contributed by atoms with van der Waals surface area (Å²) < 4.78 is 1.07. The molecule has 3 nitrogen and oxygen atoms in total. The van der Waals surface area contributed by atoms with Crippen LogP contribution < -0.4 is 10.2 Å². The van der Waals surface area contributed by atoms with Gasteiger partial charge >= 0.3 is 0 Å². The Morgan fingerprint density at radius 2 is 1.95 bits per heavy atom. The van der Waals surface area contributed by atoms with E-state index in [2.05, 4.69) is 45.5 Å². The smallest absolute Gasteiger partial charge is 0.244 e. The fourth-order valence-electron chi connectivity index (χ4n) is 2.77. The molecule has 0 radical (unpaired) electrons. The summed E-state index contributed by atoms with van der Waals surface area (Å²) in [5.41, 5.74) is 0.991. The van der Waals surface area contributed by atoms with Gasteiger partial charge in [-0.15, -0.1) is 0 Å². The Hall–Kier alpha value is -1.39. The molecule has 1 heterocycles. The molecule has 1 atom stereocenters. The predicted molar refractivity (Wildman–Crippen MR) is 86.1 cm³/mol. The van der Waals surface area contributed by atoms with E-state index in [1.807, 2.05) is 24.1 Å². The van der Waals surface area contributed by atoms with E-state index in [1.54, 1.807) is 0 Å². The van der Waals surface area contributed by atoms with Crippen LogP contribution in [0.4, 0.5) is 5.69 Å². The number of likely N-dealkylation sites (N-methyl/N-ethyl adjacent to an activating group) is 1. The van der Waals surface area contributed by atoms with Gasteiger partial charge in [-0.3, -0.25) is 4.79 Å². The highest BCUT2D eigenvalue weighted by Crippen LogP contribution is 2.27. The Morgan fingerprint density at radius 1 is 1.20 bits per heavy atom. The second-order valence-electron chi connectivity index (χ2n) is 5.15. The molecule has 0 saturated carbocycles. The van der Waals surface area contributed by atoms with Gasteiger partial charge in [-0.25, -0.2) is 0 Å². The molecule has 1 aliphatic heterocycles. The van der Waals surface area contributed by atoms with Crippen LogP contribution in [0, 0.1) is 0 Å². The number of amides is 1. The highest BCUT2D eigenvalue weighted by Gasteiger charge is 2.28. The van der Waals surface area contributed by atoms with Crippen LogP contribution >= 0.6 is 15.9 Å². The minimum Gasteiger partial charge on any atom is -0.311 e. The van der Waals surface area contributed by atoms with Gasteiger partial charge in [0, 0.05) is 16.7 Å². The average Bonchev–Trinajstić information content (AvgIpc) is 2.47. The standard InChI is InChI=1S/C16H17BrN2O/c1-18-15-3-2-8-19(16(15)20)14-7-5-11-9-13(17)6-4-12(11)10-14/h4-7,9-10,15,18H,2-3,8H2,1H3. The number of rotatable bonds is 2. The normalized spacial score (nSPS) is 19.6. The highest BCUT2D eigenvalue weighted by molar-refractivity contribution is 9.10. The topological polar surface area (TPSA) is 32.3 Å². The third-order valence-electron chi connectivity index (χ3n) is 3.88. The Morgan fingerprint density at radius 3 is 2.75 bits per heavy atom. The Balaban J connectivity index is 1.97. The number of nitrogens with zero attached hydrogens (tertiary/aromatic N) is 1. The van der Waals surface area contributed by atoms with Crippen molar-refractivity contribution in [1.29, 1.82) is 0 Å². The number of carbonyl (C=O) groups is 1. The number of nitrogens with one attached hydrogen (secondary N) is 1. The molecule has 1 amide bonds. The minimum atomic E-state index is -0.0515. The summed E-state index contributed by atoms with van der Waals surface area (Å²) in [6.45, 7) is 0.805. The molecule has 1 unspecified atom stereocenters. The molecule has 1 N–H and O–H groups in total. The molecule has 1 fully saturated rings. The number of anilines is 1. The molecule has 20 heavy (non-hydrogen) atoms. The quantitative estimate of drug-likeness (QED) is 0.914. The van der Waals surface area contributed by atoms with E-state index in [-0.39, 0.29) is 11.9 Å². The molecule has 3 rings (SSSR count). The largest absolute Gasteiger partial charge is 0.311 e. The van der Waals surface area contributed by atoms with Gasteiger partial charge in [-0.2, -0.15) is 0 Å². The van der Waals surface area contributed by atoms with Crippen molar-refractivity contribution in [1.82, 2.24) is 5.32 Å². The molecule has 2 aromatic carbocycles. The summed E-state index contributed by atoms with van der Waals surface area (Å²) in [6.07, 6.45) is 1.96. The third-order valence-corrected chi connectivity index (χ3v) is 4.38. The van der Waals surface area contributed by atoms with Crippen molar-refractivity contribution in [3.8, 4) is 0 Å². The van der Waals surface area contributed by atoms with Gasteiger partial charge < -0.3 is 10.2 Å². The summed E-state index contributed by atoms with van der Waals surface area (Å²) in [6, 6.07) is 12.3. The van der Waals surface area contributed by atoms with Crippen LogP contribution in [0.5, 0.6) is 0 Å². The van der Waals surface area contributed by atoms with Crippen molar-refractivity contribution >= 4 is 38.3 Å². The molecular weight excluding hydrogens is 316 g/mol. The van der Waals surface area contributed by atoms with Crippen molar-refractivity contribution in [2.24, 2.45) is 0 Å². The fraction of sp³-hybridized carbons (Fsp3) is 0.312. The maximum absolute atomic E-state index is 12.4. The minimum absolute atomic E-state index is 0.0515. The zero-order chi connectivity index (χ0) is 14.1. The maximum atomic E-state index is 12.4. The van der Waals surface area contributed by atoms with Crippen molar-refractivity contribution in [2.75, 3.05) is 18.5 Å². The zero-order valence-electron chi connectivity index (χ0n) is 11.4. The molecule has 0 spiro atoms. The summed E-state index contributed by atoms with van der Waals surface area (Å²) in [4.78, 5) is 14.3. The summed E-state index contributed by atoms with van der Waals surface area (Å²) >= 11 is 3.48. The second-order valence-corrected chi connectivity index (χ2v) is 6.06. The van der Waals surface area contributed by atoms with Crippen LogP contribution in [0.1, 0.15) is 12.8 Å². The lowest BCUT2D eigenvalue weighted by Crippen LogP contribution is -2.49. The van der Waals surface area contributed by atoms with Crippen LogP contribution in [-0.2, 0) is 4.79 Å². The summed E-state index contributed by atoms with van der Waals surface area (Å²) in [5, 5.41) is 5.44. The van der Waals surface area contributed by atoms with Gasteiger partial charge in [-0.1, -0.05) is 28.1 Å². The van der Waals surface area contributed by atoms with Crippen LogP contribution in [0.15, 0.2) is 40.9 Å². The van der Waals surface area contributed by atoms with E-state index >= 15 is 0 Å². The van der Waals surface area contributed by atoms with Gasteiger partial charge in [0.05, 0.1) is 6.04 Å². The fourth-order valence-corrected chi connectivity index (χ4v) is 3.15. The van der Waals surface area contributed by atoms with Crippen molar-refractivity contribution < 1.29 is 4.79 Å². The van der Waals surface area contributed by atoms with Gasteiger partial charge in [0.2, 0.25) is 5.91 Å². The molecule has 2 aromatic rings.